The SMILES string of the molecule is C[N+](C)(CCCNC(=O)CCCCCCC/C=C/CCCCCCCC(=O)CCCC[N+](C)(C)CC(=O)O)CC(=O)[O-]. The molecule has 0 aliphatic rings. The number of amides is 1. The first kappa shape index (κ1) is 39.7. The Morgan fingerprint density at radius 1 is 0.619 bits per heavy atom. The van der Waals surface area contributed by atoms with E-state index in [-0.39, 0.29) is 19.0 Å². The zero-order valence-corrected chi connectivity index (χ0v) is 27.3. The zero-order chi connectivity index (χ0) is 31.7. The molecule has 0 aromatic heterocycles. The number of carbonyl (C=O) groups is 4. The number of nitrogens with zero attached hydrogens (tertiary/aromatic N) is 2. The van der Waals surface area contributed by atoms with Crippen molar-refractivity contribution in [3.8, 4) is 0 Å². The highest BCUT2D eigenvalue weighted by molar-refractivity contribution is 5.78. The molecule has 0 atom stereocenters. The zero-order valence-electron chi connectivity index (χ0n) is 27.3. The molecular formula is C33H62N3O6+. The van der Waals surface area contributed by atoms with Crippen molar-refractivity contribution < 1.29 is 38.4 Å². The second-order valence-electron chi connectivity index (χ2n) is 13.2. The number of hydrogen-bond acceptors (Lipinski definition) is 5. The Labute approximate surface area is 255 Å². The number of carboxylic acids is 2. The molecule has 0 bridgehead atoms. The van der Waals surface area contributed by atoms with Crippen LogP contribution in [0.2, 0.25) is 0 Å². The number of quaternary nitrogens is 2. The minimum absolute atomic E-state index is 0.0164. The standard InChI is InChI=1S/C33H61N3O6/c1-35(2,28-32(39)40)26-20-19-23-30(37)22-17-15-13-11-9-7-5-6-8-10-12-14-16-18-24-31(38)34-25-21-27-36(3,4)29-33(41)42/h5-6H,7-29H2,1-4H3,(H-2,34,38,39,40,41,42)/p+1/b6-5+. The minimum atomic E-state index is -1.05. The van der Waals surface area contributed by atoms with Crippen LogP contribution in [0, 0.1) is 0 Å². The van der Waals surface area contributed by atoms with Gasteiger partial charge in [-0.25, -0.2) is 4.79 Å². The number of ketones is 1. The molecule has 244 valence electrons. The first-order chi connectivity index (χ1) is 19.8. The topological polar surface area (TPSA) is 124 Å². The molecule has 0 radical (unpaired) electrons. The maximum atomic E-state index is 12.1. The number of carbonyl (C=O) groups excluding carboxylic acids is 3. The molecule has 1 amide bonds. The maximum absolute atomic E-state index is 12.1. The van der Waals surface area contributed by atoms with Crippen LogP contribution < -0.4 is 10.4 Å². The summed E-state index contributed by atoms with van der Waals surface area (Å²) >= 11 is 0. The molecule has 0 aliphatic heterocycles. The summed E-state index contributed by atoms with van der Waals surface area (Å²) in [7, 11) is 7.54. The third kappa shape index (κ3) is 27.9. The van der Waals surface area contributed by atoms with E-state index in [2.05, 4.69) is 17.5 Å². The molecule has 0 saturated heterocycles. The van der Waals surface area contributed by atoms with Crippen LogP contribution in [0.25, 0.3) is 0 Å². The highest BCUT2D eigenvalue weighted by atomic mass is 16.4. The number of unbranched alkanes of at least 4 members (excludes halogenated alkanes) is 11. The Hall–Kier alpha value is -2.26. The first-order valence-corrected chi connectivity index (χ1v) is 16.3. The third-order valence-electron chi connectivity index (χ3n) is 7.62. The van der Waals surface area contributed by atoms with Crippen molar-refractivity contribution in [2.75, 3.05) is 60.9 Å². The van der Waals surface area contributed by atoms with E-state index in [0.29, 0.717) is 47.1 Å². The van der Waals surface area contributed by atoms with Gasteiger partial charge in [-0.05, 0) is 51.4 Å². The molecule has 0 heterocycles. The van der Waals surface area contributed by atoms with Gasteiger partial charge >= 0.3 is 5.97 Å². The number of carboxylic acid groups (broad SMARTS) is 2. The number of aliphatic carboxylic acids is 2. The van der Waals surface area contributed by atoms with Crippen molar-refractivity contribution in [3.63, 3.8) is 0 Å². The number of likely N-dealkylation sites (N-methyl/N-ethyl adjacent to an activating group) is 2. The van der Waals surface area contributed by atoms with Gasteiger partial charge in [0.2, 0.25) is 5.91 Å². The molecule has 0 aromatic rings. The van der Waals surface area contributed by atoms with Crippen molar-refractivity contribution in [2.45, 2.75) is 116 Å². The lowest BCUT2D eigenvalue weighted by Gasteiger charge is -2.30. The number of allylic oxidation sites excluding steroid dienone is 2. The Balaban J connectivity index is 3.47. The van der Waals surface area contributed by atoms with Gasteiger partial charge in [0.25, 0.3) is 0 Å². The highest BCUT2D eigenvalue weighted by Gasteiger charge is 2.19. The van der Waals surface area contributed by atoms with Crippen molar-refractivity contribution in [1.29, 1.82) is 0 Å². The van der Waals surface area contributed by atoms with Gasteiger partial charge in [-0.15, -0.1) is 0 Å². The quantitative estimate of drug-likeness (QED) is 0.0757. The van der Waals surface area contributed by atoms with Crippen LogP contribution in [-0.2, 0) is 19.2 Å². The van der Waals surface area contributed by atoms with Crippen LogP contribution in [0.15, 0.2) is 12.2 Å². The lowest BCUT2D eigenvalue weighted by atomic mass is 10.0. The second-order valence-corrected chi connectivity index (χ2v) is 13.2. The van der Waals surface area contributed by atoms with E-state index < -0.39 is 11.9 Å². The van der Waals surface area contributed by atoms with Crippen molar-refractivity contribution in [3.05, 3.63) is 12.2 Å². The Morgan fingerprint density at radius 3 is 1.62 bits per heavy atom. The van der Waals surface area contributed by atoms with Crippen LogP contribution in [-0.4, -0.2) is 98.6 Å². The van der Waals surface area contributed by atoms with E-state index in [1.54, 1.807) is 0 Å². The molecule has 0 aromatic carbocycles. The minimum Gasteiger partial charge on any atom is -0.544 e. The van der Waals surface area contributed by atoms with Crippen molar-refractivity contribution >= 4 is 23.6 Å². The van der Waals surface area contributed by atoms with Gasteiger partial charge in [0.15, 0.2) is 6.54 Å². The fourth-order valence-corrected chi connectivity index (χ4v) is 5.11. The number of nitrogens with one attached hydrogen (secondary N) is 1. The van der Waals surface area contributed by atoms with Gasteiger partial charge in [-0.2, -0.15) is 0 Å². The lowest BCUT2D eigenvalue weighted by Crippen LogP contribution is -2.49. The van der Waals surface area contributed by atoms with Gasteiger partial charge in [0, 0.05) is 32.2 Å². The summed E-state index contributed by atoms with van der Waals surface area (Å²) in [5.41, 5.74) is 0. The largest absolute Gasteiger partial charge is 0.544 e. The van der Waals surface area contributed by atoms with E-state index in [0.717, 1.165) is 70.8 Å². The van der Waals surface area contributed by atoms with Crippen LogP contribution in [0.1, 0.15) is 116 Å². The van der Waals surface area contributed by atoms with E-state index in [1.807, 2.05) is 28.2 Å². The summed E-state index contributed by atoms with van der Waals surface area (Å²) in [5.74, 6) is -1.41. The molecule has 9 nitrogen and oxygen atoms in total. The molecule has 2 N–H and O–H groups in total. The third-order valence-corrected chi connectivity index (χ3v) is 7.62. The summed E-state index contributed by atoms with van der Waals surface area (Å²) < 4.78 is 0.821. The maximum Gasteiger partial charge on any atom is 0.359 e. The predicted molar refractivity (Wildman–Crippen MR) is 167 cm³/mol. The summed E-state index contributed by atoms with van der Waals surface area (Å²) in [6.45, 7) is 2.16. The second kappa shape index (κ2) is 24.2. The van der Waals surface area contributed by atoms with Crippen molar-refractivity contribution in [1.82, 2.24) is 5.32 Å². The van der Waals surface area contributed by atoms with Crippen LogP contribution >= 0.6 is 0 Å². The molecule has 0 aliphatic carbocycles. The summed E-state index contributed by atoms with van der Waals surface area (Å²) in [6, 6.07) is 0. The van der Waals surface area contributed by atoms with E-state index in [9.17, 15) is 24.3 Å². The fraction of sp³-hybridized carbons (Fsp3) is 0.818. The van der Waals surface area contributed by atoms with E-state index in [4.69, 9.17) is 5.11 Å². The van der Waals surface area contributed by atoms with Gasteiger partial charge < -0.3 is 29.3 Å². The average molecular weight is 597 g/mol. The van der Waals surface area contributed by atoms with E-state index in [1.165, 1.54) is 32.1 Å². The number of Topliss-reactive ketones (excluding diaryl/α,β-unsaturated/α-hetero) is 1. The molecule has 0 unspecified atom stereocenters. The molecule has 0 saturated carbocycles. The van der Waals surface area contributed by atoms with Gasteiger partial charge in [-0.1, -0.05) is 50.7 Å². The number of hydrogen-bond donors (Lipinski definition) is 2. The molecule has 0 spiro atoms. The molecular weight excluding hydrogens is 534 g/mol. The Morgan fingerprint density at radius 2 is 1.07 bits per heavy atom. The van der Waals surface area contributed by atoms with Crippen molar-refractivity contribution in [2.24, 2.45) is 0 Å². The van der Waals surface area contributed by atoms with Crippen LogP contribution in [0.4, 0.5) is 0 Å². The summed E-state index contributed by atoms with van der Waals surface area (Å²) in [5, 5.41) is 22.6. The predicted octanol–water partition coefficient (Wildman–Crippen LogP) is 4.24. The molecule has 0 rings (SSSR count). The molecule has 9 heteroatoms. The van der Waals surface area contributed by atoms with E-state index >= 15 is 0 Å². The smallest absolute Gasteiger partial charge is 0.359 e. The normalized spacial score (nSPS) is 12.1. The molecule has 0 fully saturated rings. The highest BCUT2D eigenvalue weighted by Crippen LogP contribution is 2.12. The lowest BCUT2D eigenvalue weighted by molar-refractivity contribution is -0.884. The Bertz CT molecular complexity index is 731. The summed E-state index contributed by atoms with van der Waals surface area (Å²) in [4.78, 5) is 45.6. The number of rotatable bonds is 29. The van der Waals surface area contributed by atoms with Gasteiger partial charge in [-0.3, -0.25) is 9.59 Å². The van der Waals surface area contributed by atoms with Gasteiger partial charge in [0.05, 0.1) is 47.2 Å². The average Bonchev–Trinajstić information content (AvgIpc) is 2.87. The van der Waals surface area contributed by atoms with Crippen LogP contribution in [0.3, 0.4) is 0 Å². The summed E-state index contributed by atoms with van der Waals surface area (Å²) in [6.07, 6.45) is 22.4. The molecule has 42 heavy (non-hydrogen) atoms. The first-order valence-electron chi connectivity index (χ1n) is 16.3. The Kier molecular flexibility index (Phi) is 22.9. The monoisotopic (exact) mass is 596 g/mol. The fourth-order valence-electron chi connectivity index (χ4n) is 5.11. The van der Waals surface area contributed by atoms with Gasteiger partial charge in [0.1, 0.15) is 12.3 Å². The van der Waals surface area contributed by atoms with Crippen LogP contribution in [0.5, 0.6) is 0 Å².